The fourth-order valence-corrected chi connectivity index (χ4v) is 4.67. The molecule has 0 aliphatic carbocycles. The quantitative estimate of drug-likeness (QED) is 0.513. The number of morpholine rings is 1. The van der Waals surface area contributed by atoms with Crippen LogP contribution in [0.1, 0.15) is 12.5 Å². The maximum absolute atomic E-state index is 10.2. The number of phenolic OH excluding ortho intramolecular Hbond substituents is 1. The largest absolute Gasteiger partial charge is 0.508 e. The minimum atomic E-state index is 0.234. The van der Waals surface area contributed by atoms with E-state index in [0.717, 1.165) is 79.8 Å². The minimum Gasteiger partial charge on any atom is -0.508 e. The molecule has 1 saturated heterocycles. The number of hydrogen-bond donors (Lipinski definition) is 1. The van der Waals surface area contributed by atoms with Crippen molar-refractivity contribution in [1.29, 1.82) is 0 Å². The maximum Gasteiger partial charge on any atom is 0.228 e. The van der Waals surface area contributed by atoms with E-state index in [-0.39, 0.29) is 5.75 Å². The van der Waals surface area contributed by atoms with Crippen LogP contribution in [0.15, 0.2) is 42.6 Å². The van der Waals surface area contributed by atoms with Gasteiger partial charge in [0.2, 0.25) is 5.95 Å². The topological polar surface area (TPSA) is 81.1 Å². The molecule has 0 atom stereocenters. The number of phenols is 1. The van der Waals surface area contributed by atoms with Gasteiger partial charge in [0.15, 0.2) is 0 Å². The normalized spacial score (nSPS) is 15.4. The second-order valence-corrected chi connectivity index (χ2v) is 9.42. The van der Waals surface area contributed by atoms with Gasteiger partial charge in [-0.1, -0.05) is 19.1 Å². The fraction of sp³-hybridized carbons (Fsp3) is 0.444. The van der Waals surface area contributed by atoms with Crippen LogP contribution < -0.4 is 14.7 Å². The van der Waals surface area contributed by atoms with Crippen LogP contribution in [0.2, 0.25) is 0 Å². The zero-order chi connectivity index (χ0) is 25.1. The average Bonchev–Trinajstić information content (AvgIpc) is 3.35. The first kappa shape index (κ1) is 24.3. The summed E-state index contributed by atoms with van der Waals surface area (Å²) in [5, 5.41) is 10.2. The number of fused-ring (bicyclic) bond motifs is 1. The van der Waals surface area contributed by atoms with Crippen LogP contribution in [0.5, 0.6) is 5.75 Å². The van der Waals surface area contributed by atoms with Crippen molar-refractivity contribution in [1.82, 2.24) is 19.9 Å². The van der Waals surface area contributed by atoms with Gasteiger partial charge >= 0.3 is 0 Å². The molecule has 36 heavy (non-hydrogen) atoms. The summed E-state index contributed by atoms with van der Waals surface area (Å²) in [6, 6.07) is 11.5. The molecule has 9 nitrogen and oxygen atoms in total. The zero-order valence-electron chi connectivity index (χ0n) is 21.4. The number of ether oxygens (including phenoxy) is 1. The van der Waals surface area contributed by atoms with Crippen LogP contribution in [0.3, 0.4) is 0 Å². The molecule has 5 rings (SSSR count). The van der Waals surface area contributed by atoms with Crippen LogP contribution >= 0.6 is 0 Å². The molecule has 190 valence electrons. The number of pyridine rings is 1. The Bertz CT molecular complexity index is 1200. The summed E-state index contributed by atoms with van der Waals surface area (Å²) in [6.07, 6.45) is 2.71. The molecule has 2 aliphatic heterocycles. The molecule has 2 aliphatic rings. The number of anilines is 4. The molecule has 4 heterocycles. The van der Waals surface area contributed by atoms with E-state index in [9.17, 15) is 5.11 Å². The highest BCUT2D eigenvalue weighted by Crippen LogP contribution is 2.40. The summed E-state index contributed by atoms with van der Waals surface area (Å²) in [6.45, 7) is 8.74. The molecule has 0 bridgehead atoms. The molecule has 0 saturated carbocycles. The van der Waals surface area contributed by atoms with Gasteiger partial charge in [0.05, 0.1) is 18.9 Å². The van der Waals surface area contributed by atoms with E-state index in [1.807, 2.05) is 18.3 Å². The Morgan fingerprint density at radius 3 is 2.64 bits per heavy atom. The van der Waals surface area contributed by atoms with E-state index in [1.165, 1.54) is 0 Å². The van der Waals surface area contributed by atoms with Gasteiger partial charge < -0.3 is 29.4 Å². The third kappa shape index (κ3) is 5.08. The molecule has 0 unspecified atom stereocenters. The lowest BCUT2D eigenvalue weighted by Gasteiger charge is -2.28. The summed E-state index contributed by atoms with van der Waals surface area (Å²) >= 11 is 0. The Morgan fingerprint density at radius 1 is 1.03 bits per heavy atom. The van der Waals surface area contributed by atoms with Crippen molar-refractivity contribution in [2.75, 3.05) is 81.3 Å². The molecule has 3 aromatic rings. The zero-order valence-corrected chi connectivity index (χ0v) is 21.4. The summed E-state index contributed by atoms with van der Waals surface area (Å²) < 4.78 is 5.56. The number of hydrogen-bond acceptors (Lipinski definition) is 9. The van der Waals surface area contributed by atoms with Crippen molar-refractivity contribution in [3.8, 4) is 17.0 Å². The van der Waals surface area contributed by atoms with Gasteiger partial charge in [-0.25, -0.2) is 9.97 Å². The summed E-state index contributed by atoms with van der Waals surface area (Å²) in [5.41, 5.74) is 3.96. The van der Waals surface area contributed by atoms with Crippen LogP contribution in [0, 0.1) is 0 Å². The molecule has 1 aromatic carbocycles. The minimum absolute atomic E-state index is 0.234. The Kier molecular flexibility index (Phi) is 7.20. The molecule has 0 radical (unpaired) electrons. The van der Waals surface area contributed by atoms with Gasteiger partial charge in [0.1, 0.15) is 17.4 Å². The van der Waals surface area contributed by atoms with Crippen molar-refractivity contribution in [3.05, 3.63) is 48.2 Å². The monoisotopic (exact) mass is 489 g/mol. The first-order valence-corrected chi connectivity index (χ1v) is 12.7. The number of aromatic hydroxyl groups is 1. The summed E-state index contributed by atoms with van der Waals surface area (Å²) in [4.78, 5) is 23.6. The van der Waals surface area contributed by atoms with Crippen molar-refractivity contribution >= 4 is 23.3 Å². The third-order valence-corrected chi connectivity index (χ3v) is 7.02. The van der Waals surface area contributed by atoms with Crippen molar-refractivity contribution in [2.24, 2.45) is 0 Å². The highest BCUT2D eigenvalue weighted by atomic mass is 16.5. The SMILES string of the molecule is CCN(C)CCN(C)c1cc(N2CCc3c(-c4cccc(O)c4)nc(N4CCOCC4)nc32)ccn1. The lowest BCUT2D eigenvalue weighted by atomic mass is 10.1. The van der Waals surface area contributed by atoms with E-state index in [2.05, 4.69) is 57.7 Å². The van der Waals surface area contributed by atoms with Gasteiger partial charge in [0, 0.05) is 68.8 Å². The number of benzene rings is 1. The van der Waals surface area contributed by atoms with Gasteiger partial charge in [-0.2, -0.15) is 4.98 Å². The second kappa shape index (κ2) is 10.7. The van der Waals surface area contributed by atoms with Gasteiger partial charge in [-0.05, 0) is 38.2 Å². The Hall–Kier alpha value is -3.43. The molecule has 9 heteroatoms. The third-order valence-electron chi connectivity index (χ3n) is 7.02. The van der Waals surface area contributed by atoms with Crippen molar-refractivity contribution < 1.29 is 9.84 Å². The van der Waals surface area contributed by atoms with Crippen molar-refractivity contribution in [3.63, 3.8) is 0 Å². The molecule has 1 N–H and O–H groups in total. The summed E-state index contributed by atoms with van der Waals surface area (Å²) in [5.74, 6) is 2.81. The predicted octanol–water partition coefficient (Wildman–Crippen LogP) is 3.16. The lowest BCUT2D eigenvalue weighted by Crippen LogP contribution is -2.37. The summed E-state index contributed by atoms with van der Waals surface area (Å²) in [7, 11) is 4.22. The highest BCUT2D eigenvalue weighted by molar-refractivity contribution is 5.78. The fourth-order valence-electron chi connectivity index (χ4n) is 4.67. The van der Waals surface area contributed by atoms with Crippen molar-refractivity contribution in [2.45, 2.75) is 13.3 Å². The first-order chi connectivity index (χ1) is 17.5. The van der Waals surface area contributed by atoms with E-state index in [1.54, 1.807) is 12.1 Å². The number of rotatable bonds is 8. The smallest absolute Gasteiger partial charge is 0.228 e. The van der Waals surface area contributed by atoms with E-state index >= 15 is 0 Å². The molecular formula is C27H35N7O2. The van der Waals surface area contributed by atoms with Gasteiger partial charge in [-0.3, -0.25) is 0 Å². The van der Waals surface area contributed by atoms with Crippen LogP contribution in [0.4, 0.5) is 23.3 Å². The number of aromatic nitrogens is 3. The first-order valence-electron chi connectivity index (χ1n) is 12.7. The van der Waals surface area contributed by atoms with Gasteiger partial charge in [-0.15, -0.1) is 0 Å². The predicted molar refractivity (Wildman–Crippen MR) is 144 cm³/mol. The van der Waals surface area contributed by atoms with E-state index < -0.39 is 0 Å². The average molecular weight is 490 g/mol. The highest BCUT2D eigenvalue weighted by Gasteiger charge is 2.29. The number of nitrogens with zero attached hydrogens (tertiary/aromatic N) is 7. The van der Waals surface area contributed by atoms with E-state index in [4.69, 9.17) is 14.7 Å². The van der Waals surface area contributed by atoms with Crippen LogP contribution in [-0.2, 0) is 11.2 Å². The molecule has 2 aromatic heterocycles. The lowest BCUT2D eigenvalue weighted by molar-refractivity contribution is 0.122. The standard InChI is InChI=1S/C27H35N7O2/c1-4-31(2)12-13-32(3)24-19-21(8-10-28-24)34-11-9-23-25(20-6-5-7-22(35)18-20)29-27(30-26(23)34)33-14-16-36-17-15-33/h5-8,10,18-19,35H,4,9,11-17H2,1-3H3. The molecule has 0 amide bonds. The van der Waals surface area contributed by atoms with Gasteiger partial charge in [0.25, 0.3) is 0 Å². The second-order valence-electron chi connectivity index (χ2n) is 9.42. The number of likely N-dealkylation sites (N-methyl/N-ethyl adjacent to an activating group) is 2. The van der Waals surface area contributed by atoms with Crippen LogP contribution in [0.25, 0.3) is 11.3 Å². The Balaban J connectivity index is 1.51. The molecular weight excluding hydrogens is 454 g/mol. The Labute approximate surface area is 213 Å². The molecule has 1 fully saturated rings. The Morgan fingerprint density at radius 2 is 1.86 bits per heavy atom. The van der Waals surface area contributed by atoms with Crippen LogP contribution in [-0.4, -0.2) is 91.5 Å². The molecule has 0 spiro atoms. The van der Waals surface area contributed by atoms with E-state index in [0.29, 0.717) is 19.2 Å². The maximum atomic E-state index is 10.2.